The van der Waals surface area contributed by atoms with Gasteiger partial charge in [0.2, 0.25) is 0 Å². The largest absolute Gasteiger partial charge is 0.508 e. The number of hydrogen-bond donors (Lipinski definition) is 4. The Balaban J connectivity index is 1.08. The van der Waals surface area contributed by atoms with Crippen molar-refractivity contribution >= 4 is 17.5 Å². The van der Waals surface area contributed by atoms with Gasteiger partial charge in [0.25, 0.3) is 0 Å². The van der Waals surface area contributed by atoms with Crippen LogP contribution in [0.5, 0.6) is 5.75 Å². The molecule has 8 nitrogen and oxygen atoms in total. The zero-order chi connectivity index (χ0) is 45.0. The van der Waals surface area contributed by atoms with E-state index >= 15 is 9.59 Å². The van der Waals surface area contributed by atoms with Gasteiger partial charge in [-0.3, -0.25) is 0 Å². The van der Waals surface area contributed by atoms with Crippen LogP contribution in [0.4, 0.5) is 0 Å². The minimum absolute atomic E-state index is 0.0251. The van der Waals surface area contributed by atoms with Crippen LogP contribution in [0.2, 0.25) is 0 Å². The summed E-state index contributed by atoms with van der Waals surface area (Å²) in [6.07, 6.45) is 18.7. The fourth-order valence-electron chi connectivity index (χ4n) is 16.4. The number of allylic oxidation sites excluding steroid dienone is 5. The molecule has 3 aromatic rings. The maximum absolute atomic E-state index is 15.4. The molecule has 0 radical (unpaired) electrons. The van der Waals surface area contributed by atoms with Crippen molar-refractivity contribution in [2.45, 2.75) is 122 Å². The molecule has 3 aromatic carbocycles. The smallest absolute Gasteiger partial charge is 0.340 e. The maximum atomic E-state index is 15.4. The van der Waals surface area contributed by atoms with E-state index in [0.717, 1.165) is 129 Å². The molecule has 2 spiro atoms. The van der Waals surface area contributed by atoms with Crippen molar-refractivity contribution in [3.63, 3.8) is 0 Å². The number of cyclic esters (lactones) is 2. The highest BCUT2D eigenvalue weighted by Gasteiger charge is 2.73. The summed E-state index contributed by atoms with van der Waals surface area (Å²) in [7, 11) is 4.15. The molecule has 3 saturated carbocycles. The Hall–Kier alpha value is -4.76. The molecule has 10 aliphatic rings. The lowest BCUT2D eigenvalue weighted by Gasteiger charge is -2.63. The Labute approximate surface area is 390 Å². The molecule has 13 rings (SSSR count). The van der Waals surface area contributed by atoms with E-state index in [1.54, 1.807) is 6.07 Å². The van der Waals surface area contributed by atoms with Crippen molar-refractivity contribution in [2.24, 2.45) is 45.8 Å². The number of carbonyl (C=O) groups is 2. The summed E-state index contributed by atoms with van der Waals surface area (Å²) in [6, 6.07) is 25.3. The van der Waals surface area contributed by atoms with Gasteiger partial charge in [0, 0.05) is 23.1 Å². The summed E-state index contributed by atoms with van der Waals surface area (Å²) in [4.78, 5) is 30.7. The third-order valence-electron chi connectivity index (χ3n) is 19.3. The van der Waals surface area contributed by atoms with Gasteiger partial charge in [-0.25, -0.2) is 9.59 Å². The number of fused-ring (bicyclic) bond motifs is 6. The molecule has 4 N–H and O–H groups in total. The van der Waals surface area contributed by atoms with Crippen molar-refractivity contribution < 1.29 is 24.2 Å². The first-order valence-corrected chi connectivity index (χ1v) is 25.6. The molecule has 3 heterocycles. The Kier molecular flexibility index (Phi) is 10.5. The van der Waals surface area contributed by atoms with E-state index in [1.165, 1.54) is 42.4 Å². The first-order valence-electron chi connectivity index (χ1n) is 25.6. The number of phenolic OH excluding ortho intramolecular Hbond substituents is 1. The Morgan fingerprint density at radius 1 is 0.818 bits per heavy atom. The molecule has 0 unspecified atom stereocenters. The van der Waals surface area contributed by atoms with Crippen LogP contribution in [-0.2, 0) is 25.5 Å². The lowest BCUT2D eigenvalue weighted by Crippen LogP contribution is -2.59. The van der Waals surface area contributed by atoms with Gasteiger partial charge in [-0.15, -0.1) is 0 Å². The zero-order valence-corrected chi connectivity index (χ0v) is 39.1. The normalized spacial score (nSPS) is 36.5. The standard InChI is InChI=1S/C58H67N3O5/c1-4-34(28-35-10-6-5-7-11-35)29-47-58-26-20-45-49(51(58)55(64)65-47)44-32-41(62)17-18-42(44)36-12-8-13-37(30-36)46(59-2)21-25-56(45)24-19-43-50(53(56)58)54(63)66-52(43)38-15-16-39-14-9-23-57(39,33-38)40-22-27-61-48(31-40)60-3/h5-8,10-13,17-18,29-30,32,34,39-40,45-46,48,53,59-62H,4,9,14-16,19-28,31,33H2,1-3H3/b47-29-,52-38?/t34-,39-,40+,45-,46+,48-,53-,56+,57-,58-/m0/s1. The van der Waals surface area contributed by atoms with Gasteiger partial charge in [0.1, 0.15) is 17.3 Å². The monoisotopic (exact) mass is 886 g/mol. The summed E-state index contributed by atoms with van der Waals surface area (Å²) in [5, 5.41) is 22.3. The number of carbonyl (C=O) groups excluding carboxylic acids is 2. The lowest BCUT2D eigenvalue weighted by atomic mass is 9.37. The predicted molar refractivity (Wildman–Crippen MR) is 257 cm³/mol. The number of benzene rings is 3. The van der Waals surface area contributed by atoms with E-state index in [1.807, 2.05) is 12.1 Å². The van der Waals surface area contributed by atoms with Gasteiger partial charge in [0.05, 0.1) is 17.2 Å². The molecule has 344 valence electrons. The Bertz CT molecular complexity index is 2630. The van der Waals surface area contributed by atoms with E-state index in [0.29, 0.717) is 23.6 Å². The number of hydrogen-bond acceptors (Lipinski definition) is 8. The summed E-state index contributed by atoms with van der Waals surface area (Å²) in [5.41, 5.74) is 9.53. The molecule has 0 amide bonds. The highest BCUT2D eigenvalue weighted by Crippen LogP contribution is 2.78. The van der Waals surface area contributed by atoms with Crippen LogP contribution in [0.1, 0.15) is 126 Å². The molecule has 10 atom stereocenters. The first kappa shape index (κ1) is 42.6. The second-order valence-electron chi connectivity index (χ2n) is 21.8. The summed E-state index contributed by atoms with van der Waals surface area (Å²) < 4.78 is 13.7. The van der Waals surface area contributed by atoms with Crippen LogP contribution in [0.3, 0.4) is 0 Å². The number of piperidine rings is 1. The molecule has 2 saturated heterocycles. The van der Waals surface area contributed by atoms with Crippen molar-refractivity contribution in [3.05, 3.63) is 129 Å². The van der Waals surface area contributed by atoms with E-state index in [-0.39, 0.29) is 52.3 Å². The fraction of sp³-hybridized carbons (Fsp3) is 0.517. The summed E-state index contributed by atoms with van der Waals surface area (Å²) >= 11 is 0. The van der Waals surface area contributed by atoms with Gasteiger partial charge < -0.3 is 30.5 Å². The summed E-state index contributed by atoms with van der Waals surface area (Å²) in [6.45, 7) is 3.27. The molecule has 0 aromatic heterocycles. The van der Waals surface area contributed by atoms with E-state index in [2.05, 4.69) is 97.6 Å². The number of ether oxygens (including phenoxy) is 2. The Morgan fingerprint density at radius 2 is 1.70 bits per heavy atom. The van der Waals surface area contributed by atoms with Crippen LogP contribution >= 0.6 is 0 Å². The second kappa shape index (κ2) is 16.2. The average molecular weight is 886 g/mol. The number of aromatic hydroxyl groups is 1. The quantitative estimate of drug-likeness (QED) is 0.174. The lowest BCUT2D eigenvalue weighted by molar-refractivity contribution is -0.136. The molecular weight excluding hydrogens is 819 g/mol. The van der Waals surface area contributed by atoms with Crippen molar-refractivity contribution in [2.75, 3.05) is 20.6 Å². The molecule has 6 bridgehead atoms. The molecule has 66 heavy (non-hydrogen) atoms. The summed E-state index contributed by atoms with van der Waals surface area (Å²) in [5.74, 6) is 2.47. The van der Waals surface area contributed by atoms with Crippen LogP contribution in [0.15, 0.2) is 113 Å². The van der Waals surface area contributed by atoms with E-state index in [4.69, 9.17) is 9.47 Å². The van der Waals surface area contributed by atoms with Crippen molar-refractivity contribution in [1.29, 1.82) is 0 Å². The van der Waals surface area contributed by atoms with Gasteiger partial charge in [-0.1, -0.05) is 67.9 Å². The van der Waals surface area contributed by atoms with E-state index in [9.17, 15) is 5.11 Å². The fourth-order valence-corrected chi connectivity index (χ4v) is 16.4. The molecule has 3 aliphatic heterocycles. The molecule has 7 aliphatic carbocycles. The number of rotatable bonds is 7. The highest BCUT2D eigenvalue weighted by molar-refractivity contribution is 6.08. The number of phenols is 1. The van der Waals surface area contributed by atoms with Gasteiger partial charge in [-0.2, -0.15) is 0 Å². The zero-order valence-electron chi connectivity index (χ0n) is 39.1. The number of esters is 2. The van der Waals surface area contributed by atoms with Gasteiger partial charge in [-0.05, 0) is 215 Å². The van der Waals surface area contributed by atoms with Crippen LogP contribution in [0.25, 0.3) is 16.7 Å². The second-order valence-corrected chi connectivity index (χ2v) is 21.8. The average Bonchev–Trinajstić information content (AvgIpc) is 4.02. The SMILES string of the molecule is CC[C@H](/C=C1\OC(=O)C2=C3c4cc(O)ccc4-c4cccc(c4)[C@H](NC)CC[C@@]45CCC6=C(C(=O)OC6=C6CC[C@@H]7CCC[C@]7([C@@H]7CCN[C@H](NC)C7)C6)[C@@H]4[C@]21CC[C@@H]35)Cc1ccccc1. The third-order valence-corrected chi connectivity index (χ3v) is 19.3. The highest BCUT2D eigenvalue weighted by atomic mass is 16.6. The van der Waals surface area contributed by atoms with Gasteiger partial charge in [0.15, 0.2) is 0 Å². The maximum Gasteiger partial charge on any atom is 0.340 e. The van der Waals surface area contributed by atoms with Crippen LogP contribution in [-0.4, -0.2) is 43.9 Å². The molecular formula is C58H67N3O5. The van der Waals surface area contributed by atoms with Gasteiger partial charge >= 0.3 is 11.9 Å². The van der Waals surface area contributed by atoms with Crippen molar-refractivity contribution in [1.82, 2.24) is 16.0 Å². The van der Waals surface area contributed by atoms with E-state index < -0.39 is 5.41 Å². The third kappa shape index (κ3) is 6.25. The molecule has 5 fully saturated rings. The minimum Gasteiger partial charge on any atom is -0.508 e. The number of nitrogens with one attached hydrogen (secondary N) is 3. The predicted octanol–water partition coefficient (Wildman–Crippen LogP) is 11.0. The Morgan fingerprint density at radius 3 is 2.53 bits per heavy atom. The van der Waals surface area contributed by atoms with Crippen molar-refractivity contribution in [3.8, 4) is 16.9 Å². The molecule has 8 heteroatoms. The first-order chi connectivity index (χ1) is 32.2. The minimum atomic E-state index is -0.864. The topological polar surface area (TPSA) is 109 Å². The van der Waals surface area contributed by atoms with Crippen LogP contribution < -0.4 is 16.0 Å². The van der Waals surface area contributed by atoms with Crippen LogP contribution in [0, 0.1) is 45.8 Å².